The molecule has 1 N–H and O–H groups in total. The summed E-state index contributed by atoms with van der Waals surface area (Å²) in [6.07, 6.45) is 1.71. The first-order valence-electron chi connectivity index (χ1n) is 6.37. The highest BCUT2D eigenvalue weighted by Crippen LogP contribution is 2.26. The number of hydrogen-bond acceptors (Lipinski definition) is 3. The Kier molecular flexibility index (Phi) is 4.18. The number of ether oxygens (including phenoxy) is 1. The molecule has 2 unspecified atom stereocenters. The Morgan fingerprint density at radius 1 is 1.44 bits per heavy atom. The molecule has 0 radical (unpaired) electrons. The number of piperidine rings is 1. The molecule has 0 aliphatic carbocycles. The first kappa shape index (κ1) is 11.9. The Balaban J connectivity index is 1.75. The van der Waals surface area contributed by atoms with Crippen molar-refractivity contribution >= 4 is 5.91 Å². The number of nitrogens with zero attached hydrogens (tertiary/aromatic N) is 1. The molecule has 2 atom stereocenters. The topological polar surface area (TPSA) is 41.6 Å². The number of amides is 1. The fourth-order valence-corrected chi connectivity index (χ4v) is 2.72. The van der Waals surface area contributed by atoms with Crippen molar-refractivity contribution in [2.24, 2.45) is 11.8 Å². The molecule has 0 spiro atoms. The van der Waals surface area contributed by atoms with Gasteiger partial charge in [-0.1, -0.05) is 0 Å². The zero-order valence-corrected chi connectivity index (χ0v) is 10.1. The molecule has 0 bridgehead atoms. The average molecular weight is 226 g/mol. The standard InChI is InChI=1S/C12H22N2O2/c1-2-16-6-4-12(15)14-5-3-10-7-13-8-11(10)9-14/h10-11,13H,2-9H2,1H3. The van der Waals surface area contributed by atoms with E-state index >= 15 is 0 Å². The smallest absolute Gasteiger partial charge is 0.224 e. The number of nitrogens with one attached hydrogen (secondary N) is 1. The number of hydrogen-bond donors (Lipinski definition) is 1. The average Bonchev–Trinajstić information content (AvgIpc) is 2.76. The van der Waals surface area contributed by atoms with Gasteiger partial charge in [0.1, 0.15) is 0 Å². The molecule has 0 aromatic heterocycles. The molecule has 0 saturated carbocycles. The molecule has 0 aromatic rings. The van der Waals surface area contributed by atoms with E-state index in [0.717, 1.165) is 38.5 Å². The molecule has 2 heterocycles. The summed E-state index contributed by atoms with van der Waals surface area (Å²) < 4.78 is 5.22. The summed E-state index contributed by atoms with van der Waals surface area (Å²) in [6.45, 7) is 7.34. The zero-order chi connectivity index (χ0) is 11.4. The largest absolute Gasteiger partial charge is 0.381 e. The van der Waals surface area contributed by atoms with Gasteiger partial charge in [-0.25, -0.2) is 0 Å². The fourth-order valence-electron chi connectivity index (χ4n) is 2.72. The van der Waals surface area contributed by atoms with Crippen LogP contribution >= 0.6 is 0 Å². The molecular weight excluding hydrogens is 204 g/mol. The quantitative estimate of drug-likeness (QED) is 0.709. The van der Waals surface area contributed by atoms with E-state index in [1.165, 1.54) is 0 Å². The van der Waals surface area contributed by atoms with Crippen LogP contribution in [0.15, 0.2) is 0 Å². The van der Waals surface area contributed by atoms with Crippen molar-refractivity contribution in [3.05, 3.63) is 0 Å². The first-order chi connectivity index (χ1) is 7.81. The predicted octanol–water partition coefficient (Wildman–Crippen LogP) is 0.481. The lowest BCUT2D eigenvalue weighted by Crippen LogP contribution is -2.43. The van der Waals surface area contributed by atoms with Gasteiger partial charge in [0.25, 0.3) is 0 Å². The third-order valence-electron chi connectivity index (χ3n) is 3.72. The van der Waals surface area contributed by atoms with E-state index in [1.807, 2.05) is 11.8 Å². The van der Waals surface area contributed by atoms with Crippen LogP contribution in [0.25, 0.3) is 0 Å². The summed E-state index contributed by atoms with van der Waals surface area (Å²) >= 11 is 0. The number of carbonyl (C=O) groups is 1. The van der Waals surface area contributed by atoms with Crippen molar-refractivity contribution in [1.82, 2.24) is 10.2 Å². The van der Waals surface area contributed by atoms with Crippen molar-refractivity contribution in [1.29, 1.82) is 0 Å². The summed E-state index contributed by atoms with van der Waals surface area (Å²) in [7, 11) is 0. The van der Waals surface area contributed by atoms with Crippen molar-refractivity contribution in [2.75, 3.05) is 39.4 Å². The number of carbonyl (C=O) groups excluding carboxylic acids is 1. The van der Waals surface area contributed by atoms with E-state index in [0.29, 0.717) is 25.6 Å². The molecule has 2 aliphatic heterocycles. The van der Waals surface area contributed by atoms with E-state index in [2.05, 4.69) is 5.32 Å². The normalized spacial score (nSPS) is 29.2. The second-order valence-corrected chi connectivity index (χ2v) is 4.75. The van der Waals surface area contributed by atoms with E-state index in [9.17, 15) is 4.79 Å². The lowest BCUT2D eigenvalue weighted by atomic mass is 9.88. The summed E-state index contributed by atoms with van der Waals surface area (Å²) in [5.74, 6) is 1.75. The van der Waals surface area contributed by atoms with Gasteiger partial charge in [-0.05, 0) is 38.3 Å². The fraction of sp³-hybridized carbons (Fsp3) is 0.917. The molecule has 4 heteroatoms. The lowest BCUT2D eigenvalue weighted by Gasteiger charge is -2.34. The molecule has 4 nitrogen and oxygen atoms in total. The van der Waals surface area contributed by atoms with Gasteiger partial charge in [0.2, 0.25) is 5.91 Å². The van der Waals surface area contributed by atoms with Crippen LogP contribution < -0.4 is 5.32 Å². The second-order valence-electron chi connectivity index (χ2n) is 4.75. The Labute approximate surface area is 97.3 Å². The van der Waals surface area contributed by atoms with E-state index < -0.39 is 0 Å². The minimum absolute atomic E-state index is 0.263. The molecule has 92 valence electrons. The van der Waals surface area contributed by atoms with Gasteiger partial charge < -0.3 is 15.0 Å². The Bertz CT molecular complexity index is 245. The molecule has 2 fully saturated rings. The van der Waals surface area contributed by atoms with Crippen molar-refractivity contribution < 1.29 is 9.53 Å². The van der Waals surface area contributed by atoms with E-state index in [1.54, 1.807) is 0 Å². The van der Waals surface area contributed by atoms with Crippen molar-refractivity contribution in [2.45, 2.75) is 19.8 Å². The van der Waals surface area contributed by atoms with Gasteiger partial charge in [0, 0.05) is 19.7 Å². The first-order valence-corrected chi connectivity index (χ1v) is 6.37. The lowest BCUT2D eigenvalue weighted by molar-refractivity contribution is -0.134. The molecule has 2 aliphatic rings. The van der Waals surface area contributed by atoms with Crippen LogP contribution in [0.4, 0.5) is 0 Å². The van der Waals surface area contributed by atoms with Gasteiger partial charge in [-0.15, -0.1) is 0 Å². The number of fused-ring (bicyclic) bond motifs is 1. The monoisotopic (exact) mass is 226 g/mol. The van der Waals surface area contributed by atoms with Crippen molar-refractivity contribution in [3.63, 3.8) is 0 Å². The summed E-state index contributed by atoms with van der Waals surface area (Å²) in [6, 6.07) is 0. The Hall–Kier alpha value is -0.610. The highest BCUT2D eigenvalue weighted by Gasteiger charge is 2.34. The second kappa shape index (κ2) is 5.64. The molecule has 2 saturated heterocycles. The van der Waals surface area contributed by atoms with Crippen LogP contribution in [0, 0.1) is 11.8 Å². The zero-order valence-electron chi connectivity index (χ0n) is 10.1. The van der Waals surface area contributed by atoms with E-state index in [-0.39, 0.29) is 5.91 Å². The minimum Gasteiger partial charge on any atom is -0.381 e. The molecule has 2 rings (SSSR count). The predicted molar refractivity (Wildman–Crippen MR) is 62.2 cm³/mol. The Morgan fingerprint density at radius 2 is 2.25 bits per heavy atom. The van der Waals surface area contributed by atoms with Gasteiger partial charge in [0.05, 0.1) is 13.0 Å². The van der Waals surface area contributed by atoms with Gasteiger partial charge >= 0.3 is 0 Å². The van der Waals surface area contributed by atoms with Crippen molar-refractivity contribution in [3.8, 4) is 0 Å². The van der Waals surface area contributed by atoms with Crippen LogP contribution in [0.2, 0.25) is 0 Å². The molecule has 16 heavy (non-hydrogen) atoms. The molecular formula is C12H22N2O2. The molecule has 1 amide bonds. The third kappa shape index (κ3) is 2.74. The van der Waals surface area contributed by atoms with Gasteiger partial charge in [-0.2, -0.15) is 0 Å². The minimum atomic E-state index is 0.263. The van der Waals surface area contributed by atoms with Crippen LogP contribution in [0.5, 0.6) is 0 Å². The maximum atomic E-state index is 11.9. The molecule has 0 aromatic carbocycles. The maximum absolute atomic E-state index is 11.9. The highest BCUT2D eigenvalue weighted by atomic mass is 16.5. The third-order valence-corrected chi connectivity index (χ3v) is 3.72. The highest BCUT2D eigenvalue weighted by molar-refractivity contribution is 5.76. The number of likely N-dealkylation sites (tertiary alicyclic amines) is 1. The number of rotatable bonds is 4. The van der Waals surface area contributed by atoms with Crippen LogP contribution in [-0.4, -0.2) is 50.2 Å². The SMILES string of the molecule is CCOCCC(=O)N1CCC2CNCC2C1. The maximum Gasteiger partial charge on any atom is 0.224 e. The van der Waals surface area contributed by atoms with Crippen LogP contribution in [0.3, 0.4) is 0 Å². The van der Waals surface area contributed by atoms with Crippen LogP contribution in [-0.2, 0) is 9.53 Å². The Morgan fingerprint density at radius 3 is 3.06 bits per heavy atom. The van der Waals surface area contributed by atoms with Crippen LogP contribution in [0.1, 0.15) is 19.8 Å². The summed E-state index contributed by atoms with van der Waals surface area (Å²) in [5.41, 5.74) is 0. The van der Waals surface area contributed by atoms with E-state index in [4.69, 9.17) is 4.74 Å². The summed E-state index contributed by atoms with van der Waals surface area (Å²) in [4.78, 5) is 13.9. The van der Waals surface area contributed by atoms with Gasteiger partial charge in [0.15, 0.2) is 0 Å². The summed E-state index contributed by atoms with van der Waals surface area (Å²) in [5, 5.41) is 3.41. The van der Waals surface area contributed by atoms with Gasteiger partial charge in [-0.3, -0.25) is 4.79 Å².